The van der Waals surface area contributed by atoms with Gasteiger partial charge in [0.25, 0.3) is 0 Å². The van der Waals surface area contributed by atoms with Gasteiger partial charge in [-0.2, -0.15) is 0 Å². The summed E-state index contributed by atoms with van der Waals surface area (Å²) in [5.74, 6) is 1.57. The average Bonchev–Trinajstić information content (AvgIpc) is 3.82. The summed E-state index contributed by atoms with van der Waals surface area (Å²) >= 11 is 0. The molecule has 0 aromatic heterocycles. The lowest BCUT2D eigenvalue weighted by Crippen LogP contribution is -2.80. The summed E-state index contributed by atoms with van der Waals surface area (Å²) in [4.78, 5) is 2.76. The molecule has 0 radical (unpaired) electrons. The van der Waals surface area contributed by atoms with E-state index in [2.05, 4.69) is 71.6 Å². The molecule has 1 spiro atoms. The molecule has 6 heteroatoms. The first-order valence-electron chi connectivity index (χ1n) is 16.3. The van der Waals surface area contributed by atoms with Crippen molar-refractivity contribution < 1.29 is 23.7 Å². The third-order valence-electron chi connectivity index (χ3n) is 11.2. The van der Waals surface area contributed by atoms with Crippen LogP contribution in [0.3, 0.4) is 0 Å². The van der Waals surface area contributed by atoms with Gasteiger partial charge in [-0.1, -0.05) is 78.9 Å². The number of benzene rings is 3. The minimum atomic E-state index is -0.875. The first-order chi connectivity index (χ1) is 21.6. The molecule has 3 aromatic rings. The topological polar surface area (TPSA) is 49.4 Å². The molecular weight excluding hydrogens is 550 g/mol. The minimum Gasteiger partial charge on any atom is -0.485 e. The summed E-state index contributed by atoms with van der Waals surface area (Å²) < 4.78 is 33.6. The predicted octanol–water partition coefficient (Wildman–Crippen LogP) is 6.56. The Balaban J connectivity index is 1.23. The second-order valence-corrected chi connectivity index (χ2v) is 13.3. The third kappa shape index (κ3) is 4.29. The summed E-state index contributed by atoms with van der Waals surface area (Å²) in [6.07, 6.45) is 10.1. The molecule has 0 unspecified atom stereocenters. The normalized spacial score (nSPS) is 29.8. The molecule has 3 aliphatic carbocycles. The van der Waals surface area contributed by atoms with Crippen molar-refractivity contribution in [2.75, 3.05) is 33.9 Å². The quantitative estimate of drug-likeness (QED) is 0.235. The van der Waals surface area contributed by atoms with E-state index >= 15 is 0 Å². The van der Waals surface area contributed by atoms with E-state index in [-0.39, 0.29) is 12.1 Å². The standard InChI is InChI=1S/C38H43NO5/c1-40-38(41-2)20-19-37(43-23-9-14-27-10-5-3-6-11-27)32-24-30-17-18-31(42-26-29-12-7-4-8-13-29)34-33(30)36(37,35(38)44-34)21-22-39(32)25-28-15-16-28/h3-14,17-18,28,32,35H,15-16,19-26H2,1-2H3/b14-9+/t32-,35-,36+,37-/m1/s1. The Morgan fingerprint density at radius 1 is 0.909 bits per heavy atom. The molecule has 0 N–H and O–H groups in total. The zero-order chi connectivity index (χ0) is 29.8. The summed E-state index contributed by atoms with van der Waals surface area (Å²) in [5.41, 5.74) is 4.07. The van der Waals surface area contributed by atoms with Crippen LogP contribution in [-0.2, 0) is 32.7 Å². The number of likely N-dealkylation sites (tertiary alicyclic amines) is 1. The highest BCUT2D eigenvalue weighted by Gasteiger charge is 2.77. The molecule has 3 fully saturated rings. The van der Waals surface area contributed by atoms with Gasteiger partial charge >= 0.3 is 0 Å². The van der Waals surface area contributed by atoms with Crippen LogP contribution in [0.2, 0.25) is 0 Å². The maximum Gasteiger partial charge on any atom is 0.206 e. The Labute approximate surface area is 260 Å². The molecule has 230 valence electrons. The number of piperidine rings is 1. The molecule has 6 nitrogen and oxygen atoms in total. The molecule has 3 aromatic carbocycles. The van der Waals surface area contributed by atoms with Crippen molar-refractivity contribution in [1.29, 1.82) is 0 Å². The molecule has 44 heavy (non-hydrogen) atoms. The van der Waals surface area contributed by atoms with Gasteiger partial charge in [-0.3, -0.25) is 4.90 Å². The van der Waals surface area contributed by atoms with Crippen LogP contribution in [0.4, 0.5) is 0 Å². The van der Waals surface area contributed by atoms with Crippen LogP contribution in [0.5, 0.6) is 11.5 Å². The zero-order valence-corrected chi connectivity index (χ0v) is 25.9. The average molecular weight is 594 g/mol. The molecule has 8 rings (SSSR count). The van der Waals surface area contributed by atoms with E-state index in [0.29, 0.717) is 19.6 Å². The summed E-state index contributed by atoms with van der Waals surface area (Å²) in [6.45, 7) is 3.19. The van der Waals surface area contributed by atoms with Crippen molar-refractivity contribution in [3.8, 4) is 11.5 Å². The van der Waals surface area contributed by atoms with E-state index in [9.17, 15) is 0 Å². The van der Waals surface area contributed by atoms with E-state index < -0.39 is 16.8 Å². The van der Waals surface area contributed by atoms with Crippen molar-refractivity contribution in [2.24, 2.45) is 5.92 Å². The molecule has 2 bridgehead atoms. The number of methoxy groups -OCH3 is 2. The van der Waals surface area contributed by atoms with E-state index in [0.717, 1.165) is 55.3 Å². The molecule has 1 saturated heterocycles. The molecule has 0 amide bonds. The largest absolute Gasteiger partial charge is 0.485 e. The van der Waals surface area contributed by atoms with Crippen molar-refractivity contribution in [1.82, 2.24) is 4.90 Å². The third-order valence-corrected chi connectivity index (χ3v) is 11.2. The Kier molecular flexibility index (Phi) is 7.10. The highest BCUT2D eigenvalue weighted by molar-refractivity contribution is 5.63. The van der Waals surface area contributed by atoms with Crippen LogP contribution < -0.4 is 9.47 Å². The van der Waals surface area contributed by atoms with Crippen LogP contribution in [0.25, 0.3) is 6.08 Å². The highest BCUT2D eigenvalue weighted by atomic mass is 16.7. The number of hydrogen-bond donors (Lipinski definition) is 0. The van der Waals surface area contributed by atoms with Gasteiger partial charge in [0.05, 0.1) is 17.6 Å². The maximum atomic E-state index is 7.34. The Hall–Kier alpha value is -3.16. The van der Waals surface area contributed by atoms with E-state index in [1.54, 1.807) is 14.2 Å². The lowest BCUT2D eigenvalue weighted by Gasteiger charge is -2.67. The van der Waals surface area contributed by atoms with Gasteiger partial charge in [-0.25, -0.2) is 0 Å². The fraction of sp³-hybridized carbons (Fsp3) is 0.474. The van der Waals surface area contributed by atoms with Crippen molar-refractivity contribution >= 4 is 6.08 Å². The van der Waals surface area contributed by atoms with Crippen LogP contribution in [0, 0.1) is 5.92 Å². The number of ether oxygens (including phenoxy) is 5. The van der Waals surface area contributed by atoms with Crippen LogP contribution in [-0.4, -0.2) is 62.3 Å². The minimum absolute atomic E-state index is 0.259. The van der Waals surface area contributed by atoms with Gasteiger partial charge in [0.15, 0.2) is 17.6 Å². The number of nitrogens with zero attached hydrogens (tertiary/aromatic N) is 1. The fourth-order valence-corrected chi connectivity index (χ4v) is 8.99. The highest BCUT2D eigenvalue weighted by Crippen LogP contribution is 2.69. The summed E-state index contributed by atoms with van der Waals surface area (Å²) in [6, 6.07) is 25.5. The molecule has 4 atom stereocenters. The Morgan fingerprint density at radius 2 is 1.68 bits per heavy atom. The van der Waals surface area contributed by atoms with Crippen molar-refractivity contribution in [3.63, 3.8) is 0 Å². The van der Waals surface area contributed by atoms with E-state index in [1.165, 1.54) is 29.5 Å². The lowest BCUT2D eigenvalue weighted by molar-refractivity contribution is -0.325. The zero-order valence-electron chi connectivity index (χ0n) is 25.9. The van der Waals surface area contributed by atoms with Crippen molar-refractivity contribution in [2.45, 2.75) is 74.1 Å². The van der Waals surface area contributed by atoms with Gasteiger partial charge in [0.1, 0.15) is 6.61 Å². The second-order valence-electron chi connectivity index (χ2n) is 13.3. The van der Waals surface area contributed by atoms with Gasteiger partial charge in [0.2, 0.25) is 5.79 Å². The molecule has 5 aliphatic rings. The monoisotopic (exact) mass is 593 g/mol. The second kappa shape index (κ2) is 11.0. The first-order valence-corrected chi connectivity index (χ1v) is 16.3. The molecule has 2 saturated carbocycles. The van der Waals surface area contributed by atoms with E-state index in [1.807, 2.05) is 18.2 Å². The lowest BCUT2D eigenvalue weighted by atomic mass is 9.48. The molecule has 2 aliphatic heterocycles. The fourth-order valence-electron chi connectivity index (χ4n) is 8.99. The molecular formula is C38H43NO5. The van der Waals surface area contributed by atoms with Gasteiger partial charge in [0, 0.05) is 38.8 Å². The number of rotatable bonds is 11. The maximum absolute atomic E-state index is 7.34. The SMILES string of the molecule is COC1(OC)CC[C@@]2(OC/C=C/c3ccccc3)[C@H]3Cc4ccc(OCc5ccccc5)c5c4[C@@]2(CCN3CC2CC2)[C@H]1O5. The van der Waals surface area contributed by atoms with Crippen molar-refractivity contribution in [3.05, 3.63) is 101 Å². The van der Waals surface area contributed by atoms with Crippen LogP contribution in [0.15, 0.2) is 78.9 Å². The van der Waals surface area contributed by atoms with E-state index in [4.69, 9.17) is 23.7 Å². The summed E-state index contributed by atoms with van der Waals surface area (Å²) in [7, 11) is 3.53. The Morgan fingerprint density at radius 3 is 2.43 bits per heavy atom. The van der Waals surface area contributed by atoms with Gasteiger partial charge in [-0.05, 0) is 67.3 Å². The Bertz CT molecular complexity index is 1520. The van der Waals surface area contributed by atoms with Gasteiger partial charge < -0.3 is 23.7 Å². The van der Waals surface area contributed by atoms with Gasteiger partial charge in [-0.15, -0.1) is 0 Å². The predicted molar refractivity (Wildman–Crippen MR) is 170 cm³/mol. The first kappa shape index (κ1) is 28.3. The van der Waals surface area contributed by atoms with Crippen LogP contribution >= 0.6 is 0 Å². The molecule has 2 heterocycles. The van der Waals surface area contributed by atoms with Crippen LogP contribution in [0.1, 0.15) is 54.4 Å². The number of hydrogen-bond acceptors (Lipinski definition) is 6. The summed E-state index contributed by atoms with van der Waals surface area (Å²) in [5, 5.41) is 0. The smallest absolute Gasteiger partial charge is 0.206 e.